The van der Waals surface area contributed by atoms with Gasteiger partial charge in [0.15, 0.2) is 4.34 Å². The number of aromatic nitrogens is 2. The van der Waals surface area contributed by atoms with Gasteiger partial charge in [-0.1, -0.05) is 59.5 Å². The van der Waals surface area contributed by atoms with Gasteiger partial charge < -0.3 is 11.1 Å². The van der Waals surface area contributed by atoms with Crippen LogP contribution in [0.25, 0.3) is 0 Å². The minimum absolute atomic E-state index is 0.0500. The number of benzene rings is 1. The first-order chi connectivity index (χ1) is 11.2. The van der Waals surface area contributed by atoms with Crippen molar-refractivity contribution in [1.82, 2.24) is 15.5 Å². The molecule has 2 heterocycles. The second-order valence-electron chi connectivity index (χ2n) is 4.62. The normalized spacial score (nSPS) is 12.0. The summed E-state index contributed by atoms with van der Waals surface area (Å²) in [5.41, 5.74) is 6.60. The Morgan fingerprint density at radius 2 is 2.04 bits per heavy atom. The van der Waals surface area contributed by atoms with Crippen molar-refractivity contribution in [3.63, 3.8) is 0 Å². The molecule has 0 spiro atoms. The third-order valence-corrected chi connectivity index (χ3v) is 5.84. The Bertz CT molecular complexity index is 758. The molecule has 0 radical (unpaired) electrons. The molecule has 0 saturated heterocycles. The van der Waals surface area contributed by atoms with Crippen molar-refractivity contribution in [2.24, 2.45) is 0 Å². The van der Waals surface area contributed by atoms with E-state index >= 15 is 0 Å². The van der Waals surface area contributed by atoms with Crippen LogP contribution in [0.5, 0.6) is 0 Å². The number of carbonyl (C=O) groups is 1. The van der Waals surface area contributed by atoms with Crippen molar-refractivity contribution in [3.8, 4) is 0 Å². The van der Waals surface area contributed by atoms with Gasteiger partial charge in [0.05, 0.1) is 11.8 Å². The van der Waals surface area contributed by atoms with Crippen LogP contribution >= 0.6 is 34.4 Å². The second kappa shape index (κ2) is 7.58. The molecule has 0 aliphatic rings. The number of hydrogen-bond donors (Lipinski definition) is 2. The summed E-state index contributed by atoms with van der Waals surface area (Å²) in [4.78, 5) is 13.4. The number of nitrogens with one attached hydrogen (secondary N) is 1. The third-order valence-electron chi connectivity index (χ3n) is 3.01. The van der Waals surface area contributed by atoms with Crippen molar-refractivity contribution < 1.29 is 4.79 Å². The molecule has 118 valence electrons. The maximum atomic E-state index is 12.3. The zero-order valence-electron chi connectivity index (χ0n) is 12.0. The lowest BCUT2D eigenvalue weighted by atomic mass is 10.1. The van der Waals surface area contributed by atoms with Crippen LogP contribution in [0.15, 0.2) is 52.2 Å². The number of nitrogen functional groups attached to an aromatic ring is 1. The number of nitrogens with two attached hydrogens (primary N) is 1. The Balaban J connectivity index is 1.67. The highest BCUT2D eigenvalue weighted by atomic mass is 32.2. The lowest BCUT2D eigenvalue weighted by Gasteiger charge is -2.17. The number of amides is 1. The van der Waals surface area contributed by atoms with Gasteiger partial charge in [0, 0.05) is 4.88 Å². The van der Waals surface area contributed by atoms with E-state index in [9.17, 15) is 4.79 Å². The Labute approximate surface area is 146 Å². The van der Waals surface area contributed by atoms with Crippen molar-refractivity contribution in [1.29, 1.82) is 0 Å². The van der Waals surface area contributed by atoms with Crippen molar-refractivity contribution in [3.05, 3.63) is 58.3 Å². The highest BCUT2D eigenvalue weighted by molar-refractivity contribution is 8.01. The maximum Gasteiger partial charge on any atom is 0.231 e. The van der Waals surface area contributed by atoms with E-state index in [-0.39, 0.29) is 17.7 Å². The summed E-state index contributed by atoms with van der Waals surface area (Å²) in [7, 11) is 0. The number of carbonyl (C=O) groups excluding carboxylic acids is 1. The van der Waals surface area contributed by atoms with Gasteiger partial charge in [-0.3, -0.25) is 4.79 Å². The first-order valence-electron chi connectivity index (χ1n) is 6.82. The highest BCUT2D eigenvalue weighted by Gasteiger charge is 2.18. The summed E-state index contributed by atoms with van der Waals surface area (Å²) < 4.78 is 0.699. The van der Waals surface area contributed by atoms with Crippen LogP contribution in [-0.4, -0.2) is 21.9 Å². The summed E-state index contributed by atoms with van der Waals surface area (Å²) >= 11 is 4.25. The lowest BCUT2D eigenvalue weighted by molar-refractivity contribution is -0.119. The Kier molecular flexibility index (Phi) is 5.27. The summed E-state index contributed by atoms with van der Waals surface area (Å²) in [5.74, 6) is 0.231. The van der Waals surface area contributed by atoms with Crippen LogP contribution in [0.3, 0.4) is 0 Å². The van der Waals surface area contributed by atoms with E-state index in [4.69, 9.17) is 5.73 Å². The van der Waals surface area contributed by atoms with Gasteiger partial charge in [-0.05, 0) is 17.0 Å². The topological polar surface area (TPSA) is 80.9 Å². The number of thioether (sulfide) groups is 1. The molecule has 0 aliphatic carbocycles. The van der Waals surface area contributed by atoms with Crippen LogP contribution in [0.1, 0.15) is 16.5 Å². The van der Waals surface area contributed by atoms with E-state index in [0.29, 0.717) is 9.47 Å². The summed E-state index contributed by atoms with van der Waals surface area (Å²) in [5, 5.41) is 13.2. The van der Waals surface area contributed by atoms with E-state index in [1.807, 2.05) is 47.8 Å². The predicted molar refractivity (Wildman–Crippen MR) is 95.8 cm³/mol. The average molecular weight is 363 g/mol. The average Bonchev–Trinajstić information content (AvgIpc) is 3.23. The van der Waals surface area contributed by atoms with Crippen LogP contribution < -0.4 is 11.1 Å². The fourth-order valence-electron chi connectivity index (χ4n) is 2.03. The van der Waals surface area contributed by atoms with Crippen molar-refractivity contribution >= 4 is 45.5 Å². The quantitative estimate of drug-likeness (QED) is 0.658. The van der Waals surface area contributed by atoms with E-state index < -0.39 is 0 Å². The molecule has 1 aromatic carbocycles. The number of thiophene rings is 1. The second-order valence-corrected chi connectivity index (χ2v) is 7.83. The largest absolute Gasteiger partial charge is 0.374 e. The van der Waals surface area contributed by atoms with Gasteiger partial charge in [0.2, 0.25) is 11.0 Å². The third kappa shape index (κ3) is 4.31. The lowest BCUT2D eigenvalue weighted by Crippen LogP contribution is -2.30. The molecule has 1 unspecified atom stereocenters. The Hall–Kier alpha value is -1.90. The van der Waals surface area contributed by atoms with Gasteiger partial charge in [-0.25, -0.2) is 0 Å². The molecule has 0 fully saturated rings. The minimum atomic E-state index is -0.135. The van der Waals surface area contributed by atoms with Gasteiger partial charge in [-0.2, -0.15) is 0 Å². The molecular weight excluding hydrogens is 348 g/mol. The van der Waals surface area contributed by atoms with Crippen LogP contribution in [0.2, 0.25) is 0 Å². The van der Waals surface area contributed by atoms with Gasteiger partial charge in [0.1, 0.15) is 0 Å². The number of rotatable bonds is 6. The highest BCUT2D eigenvalue weighted by Crippen LogP contribution is 2.27. The van der Waals surface area contributed by atoms with Gasteiger partial charge in [0.25, 0.3) is 0 Å². The summed E-state index contributed by atoms with van der Waals surface area (Å²) in [6, 6.07) is 13.8. The van der Waals surface area contributed by atoms with Crippen molar-refractivity contribution in [2.75, 3.05) is 11.5 Å². The molecule has 1 amide bonds. The van der Waals surface area contributed by atoms with Gasteiger partial charge >= 0.3 is 0 Å². The minimum Gasteiger partial charge on any atom is -0.374 e. The van der Waals surface area contributed by atoms with Gasteiger partial charge in [-0.15, -0.1) is 21.5 Å². The van der Waals surface area contributed by atoms with Crippen molar-refractivity contribution in [2.45, 2.75) is 10.4 Å². The Morgan fingerprint density at radius 1 is 1.22 bits per heavy atom. The molecule has 0 bridgehead atoms. The first kappa shape index (κ1) is 16.0. The standard InChI is InChI=1S/C15H14N4OS3/c16-14-18-19-15(23-14)22-9-12(20)17-13(11-7-4-8-21-11)10-5-2-1-3-6-10/h1-8,13H,9H2,(H2,16,18)(H,17,20). The van der Waals surface area contributed by atoms with Crippen LogP contribution in [0, 0.1) is 0 Å². The van der Waals surface area contributed by atoms with E-state index in [2.05, 4.69) is 15.5 Å². The molecule has 1 atom stereocenters. The smallest absolute Gasteiger partial charge is 0.231 e. The Morgan fingerprint density at radius 3 is 2.70 bits per heavy atom. The molecule has 23 heavy (non-hydrogen) atoms. The van der Waals surface area contributed by atoms with E-state index in [0.717, 1.165) is 10.4 Å². The molecule has 0 aliphatic heterocycles. The number of anilines is 1. The molecule has 3 rings (SSSR count). The molecular formula is C15H14N4OS3. The maximum absolute atomic E-state index is 12.3. The fraction of sp³-hybridized carbons (Fsp3) is 0.133. The summed E-state index contributed by atoms with van der Waals surface area (Å²) in [6.45, 7) is 0. The molecule has 0 saturated carbocycles. The fourth-order valence-corrected chi connectivity index (χ4v) is 4.28. The first-order valence-corrected chi connectivity index (χ1v) is 9.50. The SMILES string of the molecule is Nc1nnc(SCC(=O)NC(c2ccccc2)c2cccs2)s1. The molecule has 8 heteroatoms. The van der Waals surface area contributed by atoms with Crippen LogP contribution in [-0.2, 0) is 4.79 Å². The number of nitrogens with zero attached hydrogens (tertiary/aromatic N) is 2. The predicted octanol–water partition coefficient (Wildman–Crippen LogP) is 3.18. The molecule has 2 aromatic heterocycles. The summed E-state index contributed by atoms with van der Waals surface area (Å²) in [6.07, 6.45) is 0. The number of hydrogen-bond acceptors (Lipinski definition) is 7. The monoisotopic (exact) mass is 362 g/mol. The van der Waals surface area contributed by atoms with Crippen LogP contribution in [0.4, 0.5) is 5.13 Å². The molecule has 3 N–H and O–H groups in total. The van der Waals surface area contributed by atoms with E-state index in [1.165, 1.54) is 23.1 Å². The zero-order valence-corrected chi connectivity index (χ0v) is 14.5. The molecule has 5 nitrogen and oxygen atoms in total. The van der Waals surface area contributed by atoms with E-state index in [1.54, 1.807) is 11.3 Å². The molecule has 3 aromatic rings. The zero-order chi connectivity index (χ0) is 16.1.